The maximum atomic E-state index is 5.40. The molecule has 0 saturated heterocycles. The third-order valence-corrected chi connectivity index (χ3v) is 3.94. The predicted molar refractivity (Wildman–Crippen MR) is 105 cm³/mol. The zero-order chi connectivity index (χ0) is 19.1. The van der Waals surface area contributed by atoms with Gasteiger partial charge in [0.2, 0.25) is 5.95 Å². The SMILES string of the molecule is COc1ccc(CNc2nccc(Nc3ccc(OC)cc3OC)n2)cc1. The van der Waals surface area contributed by atoms with Crippen LogP contribution in [0.4, 0.5) is 17.5 Å². The van der Waals surface area contributed by atoms with E-state index in [1.807, 2.05) is 42.5 Å². The Balaban J connectivity index is 1.68. The molecule has 1 aromatic heterocycles. The van der Waals surface area contributed by atoms with Crippen LogP contribution in [0.1, 0.15) is 5.56 Å². The highest BCUT2D eigenvalue weighted by molar-refractivity contribution is 5.66. The van der Waals surface area contributed by atoms with Crippen LogP contribution in [0, 0.1) is 0 Å². The second kappa shape index (κ2) is 8.75. The summed E-state index contributed by atoms with van der Waals surface area (Å²) >= 11 is 0. The largest absolute Gasteiger partial charge is 0.497 e. The molecule has 140 valence electrons. The zero-order valence-electron chi connectivity index (χ0n) is 15.5. The summed E-state index contributed by atoms with van der Waals surface area (Å²) in [6.07, 6.45) is 1.70. The summed E-state index contributed by atoms with van der Waals surface area (Å²) in [6, 6.07) is 15.2. The summed E-state index contributed by atoms with van der Waals surface area (Å²) in [5.41, 5.74) is 1.90. The van der Waals surface area contributed by atoms with Gasteiger partial charge in [-0.15, -0.1) is 0 Å². The summed E-state index contributed by atoms with van der Waals surface area (Å²) in [5.74, 6) is 3.41. The monoisotopic (exact) mass is 366 g/mol. The molecule has 7 heteroatoms. The molecule has 3 rings (SSSR count). The van der Waals surface area contributed by atoms with Gasteiger partial charge in [0.1, 0.15) is 23.1 Å². The van der Waals surface area contributed by atoms with Crippen molar-refractivity contribution >= 4 is 17.5 Å². The number of hydrogen-bond donors (Lipinski definition) is 2. The maximum Gasteiger partial charge on any atom is 0.224 e. The lowest BCUT2D eigenvalue weighted by Crippen LogP contribution is -2.05. The van der Waals surface area contributed by atoms with Gasteiger partial charge in [0.15, 0.2) is 0 Å². The number of benzene rings is 2. The normalized spacial score (nSPS) is 10.2. The van der Waals surface area contributed by atoms with E-state index >= 15 is 0 Å². The first-order valence-corrected chi connectivity index (χ1v) is 8.40. The number of methoxy groups -OCH3 is 3. The van der Waals surface area contributed by atoms with Crippen molar-refractivity contribution in [1.82, 2.24) is 9.97 Å². The first-order valence-electron chi connectivity index (χ1n) is 8.40. The fourth-order valence-corrected chi connectivity index (χ4v) is 2.48. The summed E-state index contributed by atoms with van der Waals surface area (Å²) < 4.78 is 15.8. The fraction of sp³-hybridized carbons (Fsp3) is 0.200. The van der Waals surface area contributed by atoms with Crippen LogP contribution in [0.25, 0.3) is 0 Å². The standard InChI is InChI=1S/C20H22N4O3/c1-25-15-6-4-14(5-7-15)13-22-20-21-11-10-19(24-20)23-17-9-8-16(26-2)12-18(17)27-3/h4-12H,13H2,1-3H3,(H2,21,22,23,24). The Kier molecular flexibility index (Phi) is 5.94. The Bertz CT molecular complexity index is 885. The zero-order valence-corrected chi connectivity index (χ0v) is 15.5. The van der Waals surface area contributed by atoms with Gasteiger partial charge in [0, 0.05) is 18.8 Å². The lowest BCUT2D eigenvalue weighted by atomic mass is 10.2. The van der Waals surface area contributed by atoms with Crippen LogP contribution in [0.3, 0.4) is 0 Å². The molecule has 3 aromatic rings. The van der Waals surface area contributed by atoms with Crippen LogP contribution in [0.5, 0.6) is 17.2 Å². The Morgan fingerprint density at radius 1 is 0.852 bits per heavy atom. The molecule has 7 nitrogen and oxygen atoms in total. The number of nitrogens with one attached hydrogen (secondary N) is 2. The van der Waals surface area contributed by atoms with Crippen LogP contribution >= 0.6 is 0 Å². The molecule has 0 radical (unpaired) electrons. The van der Waals surface area contributed by atoms with Crippen molar-refractivity contribution in [3.05, 3.63) is 60.3 Å². The van der Waals surface area contributed by atoms with Crippen LogP contribution in [-0.2, 0) is 6.54 Å². The van der Waals surface area contributed by atoms with Gasteiger partial charge in [-0.25, -0.2) is 4.98 Å². The lowest BCUT2D eigenvalue weighted by molar-refractivity contribution is 0.395. The maximum absolute atomic E-state index is 5.40. The van der Waals surface area contributed by atoms with Crippen molar-refractivity contribution < 1.29 is 14.2 Å². The molecule has 0 amide bonds. The number of aromatic nitrogens is 2. The number of hydrogen-bond acceptors (Lipinski definition) is 7. The van der Waals surface area contributed by atoms with E-state index in [1.165, 1.54) is 0 Å². The van der Waals surface area contributed by atoms with E-state index in [9.17, 15) is 0 Å². The number of ether oxygens (including phenoxy) is 3. The molecule has 0 unspecified atom stereocenters. The minimum atomic E-state index is 0.531. The van der Waals surface area contributed by atoms with Gasteiger partial charge >= 0.3 is 0 Å². The minimum Gasteiger partial charge on any atom is -0.497 e. The Labute approximate surface area is 158 Å². The van der Waals surface area contributed by atoms with Crippen LogP contribution in [-0.4, -0.2) is 31.3 Å². The molecule has 27 heavy (non-hydrogen) atoms. The summed E-state index contributed by atoms with van der Waals surface area (Å²) in [6.45, 7) is 0.610. The van der Waals surface area contributed by atoms with Gasteiger partial charge < -0.3 is 24.8 Å². The first kappa shape index (κ1) is 18.3. The van der Waals surface area contributed by atoms with E-state index in [2.05, 4.69) is 20.6 Å². The smallest absolute Gasteiger partial charge is 0.224 e. The lowest BCUT2D eigenvalue weighted by Gasteiger charge is -2.12. The van der Waals surface area contributed by atoms with Gasteiger partial charge in [-0.2, -0.15) is 4.98 Å². The summed E-state index contributed by atoms with van der Waals surface area (Å²) in [7, 11) is 4.88. The van der Waals surface area contributed by atoms with Crippen molar-refractivity contribution in [2.75, 3.05) is 32.0 Å². The van der Waals surface area contributed by atoms with E-state index in [1.54, 1.807) is 33.6 Å². The van der Waals surface area contributed by atoms with Gasteiger partial charge in [-0.3, -0.25) is 0 Å². The van der Waals surface area contributed by atoms with Crippen LogP contribution in [0.15, 0.2) is 54.7 Å². The highest BCUT2D eigenvalue weighted by atomic mass is 16.5. The molecule has 0 aliphatic heterocycles. The fourth-order valence-electron chi connectivity index (χ4n) is 2.48. The van der Waals surface area contributed by atoms with Crippen LogP contribution in [0.2, 0.25) is 0 Å². The highest BCUT2D eigenvalue weighted by Crippen LogP contribution is 2.31. The molecule has 2 aromatic carbocycles. The third kappa shape index (κ3) is 4.78. The predicted octanol–water partition coefficient (Wildman–Crippen LogP) is 3.86. The molecule has 0 fully saturated rings. The molecule has 0 aliphatic rings. The third-order valence-electron chi connectivity index (χ3n) is 3.94. The van der Waals surface area contributed by atoms with Crippen molar-refractivity contribution in [2.24, 2.45) is 0 Å². The summed E-state index contributed by atoms with van der Waals surface area (Å²) in [4.78, 5) is 8.75. The minimum absolute atomic E-state index is 0.531. The molecule has 0 atom stereocenters. The average Bonchev–Trinajstić information content (AvgIpc) is 2.73. The molecule has 0 aliphatic carbocycles. The average molecular weight is 366 g/mol. The second-order valence-corrected chi connectivity index (χ2v) is 5.66. The molecule has 1 heterocycles. The van der Waals surface area contributed by atoms with E-state index in [0.29, 0.717) is 24.1 Å². The Hall–Kier alpha value is -3.48. The number of anilines is 3. The van der Waals surface area contributed by atoms with Gasteiger partial charge in [0.25, 0.3) is 0 Å². The first-order chi connectivity index (χ1) is 13.2. The van der Waals surface area contributed by atoms with E-state index in [4.69, 9.17) is 14.2 Å². The van der Waals surface area contributed by atoms with Crippen LogP contribution < -0.4 is 24.8 Å². The Morgan fingerprint density at radius 2 is 1.59 bits per heavy atom. The van der Waals surface area contributed by atoms with E-state index < -0.39 is 0 Å². The molecular weight excluding hydrogens is 344 g/mol. The molecule has 0 bridgehead atoms. The van der Waals surface area contributed by atoms with Gasteiger partial charge in [0.05, 0.1) is 27.0 Å². The van der Waals surface area contributed by atoms with Crippen molar-refractivity contribution in [3.8, 4) is 17.2 Å². The molecule has 0 saturated carbocycles. The Morgan fingerprint density at radius 3 is 2.30 bits per heavy atom. The van der Waals surface area contributed by atoms with Gasteiger partial charge in [-0.1, -0.05) is 12.1 Å². The molecular formula is C20H22N4O3. The quantitative estimate of drug-likeness (QED) is 0.627. The number of nitrogens with zero attached hydrogens (tertiary/aromatic N) is 2. The van der Waals surface area contributed by atoms with Crippen molar-refractivity contribution in [1.29, 1.82) is 0 Å². The highest BCUT2D eigenvalue weighted by Gasteiger charge is 2.07. The number of rotatable bonds is 8. The summed E-state index contributed by atoms with van der Waals surface area (Å²) in [5, 5.41) is 6.46. The van der Waals surface area contributed by atoms with Crippen molar-refractivity contribution in [3.63, 3.8) is 0 Å². The van der Waals surface area contributed by atoms with Crippen molar-refractivity contribution in [2.45, 2.75) is 6.54 Å². The topological polar surface area (TPSA) is 77.5 Å². The molecule has 0 spiro atoms. The van der Waals surface area contributed by atoms with E-state index in [-0.39, 0.29) is 0 Å². The second-order valence-electron chi connectivity index (χ2n) is 5.66. The molecule has 2 N–H and O–H groups in total. The van der Waals surface area contributed by atoms with Gasteiger partial charge in [-0.05, 0) is 35.9 Å². The van der Waals surface area contributed by atoms with E-state index in [0.717, 1.165) is 22.7 Å².